The van der Waals surface area contributed by atoms with Crippen molar-refractivity contribution in [2.45, 2.75) is 0 Å². The molecule has 0 aliphatic carbocycles. The number of pyridine rings is 1. The summed E-state index contributed by atoms with van der Waals surface area (Å²) >= 11 is 3.03. The van der Waals surface area contributed by atoms with Gasteiger partial charge in [-0.1, -0.05) is 0 Å². The van der Waals surface area contributed by atoms with E-state index in [0.717, 1.165) is 0 Å². The molecule has 1 aromatic rings. The molecule has 0 radical (unpaired) electrons. The summed E-state index contributed by atoms with van der Waals surface area (Å²) in [6, 6.07) is 3.17. The number of hydrogen-bond donors (Lipinski definition) is 1. The van der Waals surface area contributed by atoms with E-state index in [2.05, 4.69) is 20.9 Å². The van der Waals surface area contributed by atoms with Crippen LogP contribution in [0.1, 0.15) is 10.5 Å². The summed E-state index contributed by atoms with van der Waals surface area (Å²) < 4.78 is 4.97. The predicted molar refractivity (Wildman–Crippen MR) is 45.6 cm³/mol. The van der Waals surface area contributed by atoms with E-state index in [1.807, 2.05) is 0 Å². The van der Waals surface area contributed by atoms with Crippen molar-refractivity contribution in [1.29, 1.82) is 0 Å². The Balaban J connectivity index is 3.00. The summed E-state index contributed by atoms with van der Waals surface area (Å²) in [5, 5.41) is 8.63. The van der Waals surface area contributed by atoms with Gasteiger partial charge in [-0.15, -0.1) is 0 Å². The third-order valence-corrected chi connectivity index (χ3v) is 1.41. The second-order valence-corrected chi connectivity index (χ2v) is 2.37. The number of carboxylic acids is 1. The molecule has 0 unspecified atom stereocenters. The molecule has 1 N–H and O–H groups in total. The van der Waals surface area contributed by atoms with Gasteiger partial charge in [-0.25, -0.2) is 9.78 Å². The molecule has 12 heavy (non-hydrogen) atoms. The van der Waals surface area contributed by atoms with Crippen molar-refractivity contribution in [2.24, 2.45) is 0 Å². The Bertz CT molecular complexity index is 290. The van der Waals surface area contributed by atoms with Gasteiger partial charge in [0.25, 0.3) is 0 Å². The van der Waals surface area contributed by atoms with Crippen molar-refractivity contribution in [2.75, 3.05) is 5.52 Å². The summed E-state index contributed by atoms with van der Waals surface area (Å²) in [7, 11) is 0. The van der Waals surface area contributed by atoms with Crippen LogP contribution in [0.2, 0.25) is 0 Å². The van der Waals surface area contributed by atoms with Crippen LogP contribution in [0.4, 0.5) is 0 Å². The summed E-state index contributed by atoms with van der Waals surface area (Å²) in [6.07, 6.45) is 1.41. The molecule has 0 aromatic carbocycles. The maximum Gasteiger partial charge on any atom is 0.358 e. The van der Waals surface area contributed by atoms with Crippen LogP contribution >= 0.6 is 15.9 Å². The molecule has 5 heteroatoms. The zero-order valence-electron chi connectivity index (χ0n) is 6.03. The summed E-state index contributed by atoms with van der Waals surface area (Å²) in [5.74, 6) is -0.826. The van der Waals surface area contributed by atoms with Crippen LogP contribution in [0, 0.1) is 0 Å². The molecular weight excluding hydrogens is 226 g/mol. The number of ether oxygens (including phenoxy) is 1. The lowest BCUT2D eigenvalue weighted by Gasteiger charge is -2.03. The Hall–Kier alpha value is -1.10. The minimum Gasteiger partial charge on any atom is -0.480 e. The van der Waals surface area contributed by atoms with Gasteiger partial charge in [0.2, 0.25) is 0 Å². The number of rotatable bonds is 3. The fourth-order valence-corrected chi connectivity index (χ4v) is 0.973. The first-order valence-corrected chi connectivity index (χ1v) is 4.25. The van der Waals surface area contributed by atoms with Crippen LogP contribution in [0.3, 0.4) is 0 Å². The van der Waals surface area contributed by atoms with Gasteiger partial charge in [0.1, 0.15) is 5.52 Å². The quantitative estimate of drug-likeness (QED) is 0.802. The standard InChI is InChI=1S/C7H6BrNO3/c8-4-12-5-2-1-3-9-6(5)7(10)11/h1-3H,4H2,(H,10,11). The lowest BCUT2D eigenvalue weighted by Crippen LogP contribution is -2.03. The van der Waals surface area contributed by atoms with Gasteiger partial charge >= 0.3 is 5.97 Å². The van der Waals surface area contributed by atoms with Gasteiger partial charge in [-0.3, -0.25) is 0 Å². The molecule has 0 bridgehead atoms. The van der Waals surface area contributed by atoms with Crippen molar-refractivity contribution in [3.8, 4) is 5.75 Å². The second-order valence-electron chi connectivity index (χ2n) is 1.91. The molecular formula is C7H6BrNO3. The molecule has 0 atom stereocenters. The van der Waals surface area contributed by atoms with Crippen molar-refractivity contribution in [3.63, 3.8) is 0 Å². The Morgan fingerprint density at radius 2 is 2.50 bits per heavy atom. The molecule has 0 aliphatic heterocycles. The van der Waals surface area contributed by atoms with Gasteiger partial charge < -0.3 is 9.84 Å². The third-order valence-electron chi connectivity index (χ3n) is 1.18. The Kier molecular flexibility index (Phi) is 3.04. The topological polar surface area (TPSA) is 59.4 Å². The van der Waals surface area contributed by atoms with Gasteiger partial charge in [-0.05, 0) is 28.1 Å². The first-order chi connectivity index (χ1) is 5.75. The van der Waals surface area contributed by atoms with Crippen LogP contribution in [-0.2, 0) is 0 Å². The van der Waals surface area contributed by atoms with E-state index in [9.17, 15) is 4.79 Å². The van der Waals surface area contributed by atoms with Gasteiger partial charge in [-0.2, -0.15) is 0 Å². The number of carboxylic acid groups (broad SMARTS) is 1. The SMILES string of the molecule is O=C(O)c1ncccc1OCBr. The monoisotopic (exact) mass is 231 g/mol. The molecule has 1 aromatic heterocycles. The van der Waals surface area contributed by atoms with Crippen molar-refractivity contribution >= 4 is 21.9 Å². The predicted octanol–water partition coefficient (Wildman–Crippen LogP) is 1.51. The van der Waals surface area contributed by atoms with E-state index in [4.69, 9.17) is 9.84 Å². The highest BCUT2D eigenvalue weighted by Gasteiger charge is 2.10. The Labute approximate surface area is 77.3 Å². The molecule has 0 fully saturated rings. The van der Waals surface area contributed by atoms with Crippen LogP contribution in [0.25, 0.3) is 0 Å². The smallest absolute Gasteiger partial charge is 0.358 e. The molecule has 1 rings (SSSR count). The van der Waals surface area contributed by atoms with E-state index in [1.165, 1.54) is 6.20 Å². The van der Waals surface area contributed by atoms with Gasteiger partial charge in [0.15, 0.2) is 11.4 Å². The number of alkyl halides is 1. The molecule has 0 spiro atoms. The lowest BCUT2D eigenvalue weighted by atomic mass is 10.3. The number of hydrogen-bond acceptors (Lipinski definition) is 3. The van der Waals surface area contributed by atoms with Crippen LogP contribution in [0.15, 0.2) is 18.3 Å². The molecule has 4 nitrogen and oxygen atoms in total. The van der Waals surface area contributed by atoms with E-state index in [0.29, 0.717) is 0 Å². The number of carbonyl (C=O) groups is 1. The first kappa shape index (κ1) is 8.99. The number of nitrogens with zero attached hydrogens (tertiary/aromatic N) is 1. The lowest BCUT2D eigenvalue weighted by molar-refractivity contribution is 0.0686. The number of aromatic carboxylic acids is 1. The summed E-state index contributed by atoms with van der Waals surface area (Å²) in [5.41, 5.74) is 0.177. The normalized spacial score (nSPS) is 9.42. The zero-order valence-corrected chi connectivity index (χ0v) is 7.61. The highest BCUT2D eigenvalue weighted by molar-refractivity contribution is 9.09. The fourth-order valence-electron chi connectivity index (χ4n) is 0.726. The van der Waals surface area contributed by atoms with Gasteiger partial charge in [0.05, 0.1) is 0 Å². The van der Waals surface area contributed by atoms with Crippen molar-refractivity contribution in [1.82, 2.24) is 4.98 Å². The van der Waals surface area contributed by atoms with E-state index >= 15 is 0 Å². The Morgan fingerprint density at radius 1 is 1.75 bits per heavy atom. The summed E-state index contributed by atoms with van der Waals surface area (Å²) in [4.78, 5) is 14.2. The maximum absolute atomic E-state index is 10.5. The highest BCUT2D eigenvalue weighted by Crippen LogP contribution is 2.15. The molecule has 0 aliphatic rings. The average molecular weight is 232 g/mol. The van der Waals surface area contributed by atoms with E-state index < -0.39 is 5.97 Å². The van der Waals surface area contributed by atoms with Gasteiger partial charge in [0, 0.05) is 6.20 Å². The molecule has 64 valence electrons. The van der Waals surface area contributed by atoms with E-state index in [1.54, 1.807) is 12.1 Å². The van der Waals surface area contributed by atoms with Crippen LogP contribution in [-0.4, -0.2) is 21.6 Å². The molecule has 1 heterocycles. The molecule has 0 saturated heterocycles. The highest BCUT2D eigenvalue weighted by atomic mass is 79.9. The minimum atomic E-state index is -1.09. The van der Waals surface area contributed by atoms with Crippen LogP contribution in [0.5, 0.6) is 5.75 Å². The molecule has 0 saturated carbocycles. The van der Waals surface area contributed by atoms with Crippen LogP contribution < -0.4 is 4.74 Å². The summed E-state index contributed by atoms with van der Waals surface area (Å²) in [6.45, 7) is 0. The zero-order chi connectivity index (χ0) is 8.97. The fraction of sp³-hybridized carbons (Fsp3) is 0.143. The Morgan fingerprint density at radius 3 is 3.08 bits per heavy atom. The minimum absolute atomic E-state index is 0.0723. The average Bonchev–Trinajstić information content (AvgIpc) is 2.05. The third kappa shape index (κ3) is 1.94. The second kappa shape index (κ2) is 4.06. The van der Waals surface area contributed by atoms with Crippen molar-refractivity contribution in [3.05, 3.63) is 24.0 Å². The largest absolute Gasteiger partial charge is 0.480 e. The molecule has 0 amide bonds. The number of aromatic nitrogens is 1. The number of halogens is 1. The first-order valence-electron chi connectivity index (χ1n) is 3.12. The van der Waals surface area contributed by atoms with E-state index in [-0.39, 0.29) is 17.0 Å². The maximum atomic E-state index is 10.5. The van der Waals surface area contributed by atoms with Crippen molar-refractivity contribution < 1.29 is 14.6 Å².